The minimum absolute atomic E-state index is 0.0663. The topological polar surface area (TPSA) is 61.8 Å². The van der Waals surface area contributed by atoms with Crippen LogP contribution in [-0.4, -0.2) is 14.7 Å². The average Bonchev–Trinajstić information content (AvgIpc) is 2.79. The smallest absolute Gasteiger partial charge is 0.390 e. The molecule has 0 spiro atoms. The lowest BCUT2D eigenvalue weighted by molar-refractivity contribution is -0.137. The van der Waals surface area contributed by atoms with Crippen LogP contribution in [0.1, 0.15) is 16.8 Å². The Morgan fingerprint density at radius 1 is 1.43 bits per heavy atom. The van der Waals surface area contributed by atoms with E-state index in [0.717, 1.165) is 23.9 Å². The number of aromatic nitrogens is 2. The Hall–Kier alpha value is -1.98. The van der Waals surface area contributed by atoms with Crippen LogP contribution in [0.3, 0.4) is 0 Å². The van der Waals surface area contributed by atoms with Gasteiger partial charge in [-0.05, 0) is 18.2 Å². The van der Waals surface area contributed by atoms with Gasteiger partial charge in [-0.1, -0.05) is 11.8 Å². The van der Waals surface area contributed by atoms with Crippen LogP contribution in [0, 0.1) is 11.3 Å². The number of imidazole rings is 1. The normalized spacial score (nSPS) is 11.4. The molecule has 0 saturated heterocycles. The largest absolute Gasteiger partial charge is 0.416 e. The molecule has 0 aliphatic carbocycles. The number of aliphatic hydroxyl groups excluding tert-OH is 1. The van der Waals surface area contributed by atoms with Crippen molar-refractivity contribution in [3.8, 4) is 6.07 Å². The van der Waals surface area contributed by atoms with Crippen molar-refractivity contribution in [3.05, 3.63) is 41.2 Å². The highest BCUT2D eigenvalue weighted by atomic mass is 32.2. The van der Waals surface area contributed by atoms with Crippen molar-refractivity contribution in [1.29, 1.82) is 5.26 Å². The Kier molecular flexibility index (Phi) is 4.25. The molecule has 2 rings (SSSR count). The van der Waals surface area contributed by atoms with Crippen LogP contribution in [0.25, 0.3) is 0 Å². The Labute approximate surface area is 122 Å². The van der Waals surface area contributed by atoms with E-state index in [-0.39, 0.29) is 12.2 Å². The molecule has 0 amide bonds. The molecule has 1 heterocycles. The summed E-state index contributed by atoms with van der Waals surface area (Å²) in [5.41, 5.74) is -0.356. The van der Waals surface area contributed by atoms with E-state index in [1.807, 2.05) is 0 Å². The van der Waals surface area contributed by atoms with E-state index in [4.69, 9.17) is 10.4 Å². The molecule has 0 aliphatic rings. The fourth-order valence-electron chi connectivity index (χ4n) is 1.65. The van der Waals surface area contributed by atoms with Gasteiger partial charge in [-0.3, -0.25) is 0 Å². The predicted molar refractivity (Wildman–Crippen MR) is 69.4 cm³/mol. The summed E-state index contributed by atoms with van der Waals surface area (Å²) in [6.45, 7) is -0.192. The molecule has 0 saturated carbocycles. The molecule has 0 atom stereocenters. The molecule has 4 nitrogen and oxygen atoms in total. The second-order valence-electron chi connectivity index (χ2n) is 4.17. The number of hydrogen-bond donors (Lipinski definition) is 1. The molecule has 21 heavy (non-hydrogen) atoms. The molecule has 0 fully saturated rings. The van der Waals surface area contributed by atoms with Crippen LogP contribution >= 0.6 is 11.8 Å². The molecule has 1 aromatic carbocycles. The number of alkyl halides is 3. The summed E-state index contributed by atoms with van der Waals surface area (Å²) in [5.74, 6) is 0. The summed E-state index contributed by atoms with van der Waals surface area (Å²) in [5, 5.41) is 18.6. The summed E-state index contributed by atoms with van der Waals surface area (Å²) in [4.78, 5) is 4.44. The predicted octanol–water partition coefficient (Wildman–Crippen LogP) is 2.95. The Morgan fingerprint density at radius 3 is 2.67 bits per heavy atom. The maximum Gasteiger partial charge on any atom is 0.416 e. The summed E-state index contributed by atoms with van der Waals surface area (Å²) in [6, 6.07) is 4.76. The van der Waals surface area contributed by atoms with Crippen LogP contribution < -0.4 is 0 Å². The average molecular weight is 313 g/mol. The second-order valence-corrected chi connectivity index (χ2v) is 5.18. The van der Waals surface area contributed by atoms with Gasteiger partial charge in [0.2, 0.25) is 0 Å². The minimum Gasteiger partial charge on any atom is -0.390 e. The number of halogens is 3. The van der Waals surface area contributed by atoms with Gasteiger partial charge in [-0.2, -0.15) is 18.4 Å². The van der Waals surface area contributed by atoms with E-state index in [1.54, 1.807) is 17.7 Å². The van der Waals surface area contributed by atoms with Gasteiger partial charge in [-0.25, -0.2) is 4.98 Å². The van der Waals surface area contributed by atoms with Gasteiger partial charge in [0.1, 0.15) is 6.07 Å². The number of nitriles is 1. The Bertz CT molecular complexity index is 704. The molecule has 0 aliphatic heterocycles. The zero-order chi connectivity index (χ0) is 15.6. The SMILES string of the molecule is Cn1c(CO)cnc1Sc1ccc(C(F)(F)F)cc1C#N. The zero-order valence-electron chi connectivity index (χ0n) is 10.8. The van der Waals surface area contributed by atoms with Gasteiger partial charge in [0, 0.05) is 11.9 Å². The second kappa shape index (κ2) is 5.79. The molecule has 0 radical (unpaired) electrons. The summed E-state index contributed by atoms with van der Waals surface area (Å²) < 4.78 is 39.5. The first-order chi connectivity index (χ1) is 9.86. The van der Waals surface area contributed by atoms with Crippen LogP contribution in [0.2, 0.25) is 0 Å². The molecule has 2 aromatic rings. The van der Waals surface area contributed by atoms with Crippen molar-refractivity contribution in [2.24, 2.45) is 7.05 Å². The highest BCUT2D eigenvalue weighted by Crippen LogP contribution is 2.35. The summed E-state index contributed by atoms with van der Waals surface area (Å²) >= 11 is 1.07. The van der Waals surface area contributed by atoms with Crippen LogP contribution in [-0.2, 0) is 19.8 Å². The van der Waals surface area contributed by atoms with Gasteiger partial charge >= 0.3 is 6.18 Å². The van der Waals surface area contributed by atoms with E-state index >= 15 is 0 Å². The monoisotopic (exact) mass is 313 g/mol. The number of benzene rings is 1. The molecule has 0 unspecified atom stereocenters. The van der Waals surface area contributed by atoms with E-state index in [9.17, 15) is 13.2 Å². The number of aliphatic hydroxyl groups is 1. The van der Waals surface area contributed by atoms with Crippen molar-refractivity contribution in [3.63, 3.8) is 0 Å². The third kappa shape index (κ3) is 3.20. The maximum atomic E-state index is 12.6. The van der Waals surface area contributed by atoms with Gasteiger partial charge in [0.25, 0.3) is 0 Å². The van der Waals surface area contributed by atoms with Gasteiger partial charge in [0.05, 0.1) is 29.6 Å². The fourth-order valence-corrected chi connectivity index (χ4v) is 2.56. The van der Waals surface area contributed by atoms with E-state index in [2.05, 4.69) is 4.98 Å². The Balaban J connectivity index is 2.36. The van der Waals surface area contributed by atoms with Crippen molar-refractivity contribution < 1.29 is 18.3 Å². The number of rotatable bonds is 3. The van der Waals surface area contributed by atoms with Gasteiger partial charge in [0.15, 0.2) is 5.16 Å². The molecular weight excluding hydrogens is 303 g/mol. The third-order valence-corrected chi connectivity index (χ3v) is 3.97. The summed E-state index contributed by atoms with van der Waals surface area (Å²) in [7, 11) is 1.68. The van der Waals surface area contributed by atoms with Gasteiger partial charge in [-0.15, -0.1) is 0 Å². The first kappa shape index (κ1) is 15.4. The molecule has 1 aromatic heterocycles. The Morgan fingerprint density at radius 2 is 2.14 bits per heavy atom. The standard InChI is InChI=1S/C13H10F3N3OS/c1-19-10(7-20)6-18-12(19)21-11-3-2-9(13(14,15)16)4-8(11)5-17/h2-4,6,20H,7H2,1H3. The first-order valence-electron chi connectivity index (χ1n) is 5.77. The van der Waals surface area contributed by atoms with Gasteiger partial charge < -0.3 is 9.67 Å². The lowest BCUT2D eigenvalue weighted by Gasteiger charge is -2.09. The van der Waals surface area contributed by atoms with Crippen LogP contribution in [0.15, 0.2) is 34.4 Å². The summed E-state index contributed by atoms with van der Waals surface area (Å²) in [6.07, 6.45) is -3.01. The van der Waals surface area contributed by atoms with Crippen molar-refractivity contribution >= 4 is 11.8 Å². The number of hydrogen-bond acceptors (Lipinski definition) is 4. The molecule has 0 bridgehead atoms. The highest BCUT2D eigenvalue weighted by molar-refractivity contribution is 7.99. The maximum absolute atomic E-state index is 12.6. The van der Waals surface area contributed by atoms with Crippen LogP contribution in [0.4, 0.5) is 13.2 Å². The minimum atomic E-state index is -4.48. The quantitative estimate of drug-likeness (QED) is 0.946. The third-order valence-electron chi connectivity index (χ3n) is 2.83. The van der Waals surface area contributed by atoms with E-state index < -0.39 is 11.7 Å². The van der Waals surface area contributed by atoms with Crippen molar-refractivity contribution in [1.82, 2.24) is 9.55 Å². The molecule has 110 valence electrons. The van der Waals surface area contributed by atoms with Crippen molar-refractivity contribution in [2.75, 3.05) is 0 Å². The van der Waals surface area contributed by atoms with Crippen molar-refractivity contribution in [2.45, 2.75) is 22.8 Å². The first-order valence-corrected chi connectivity index (χ1v) is 6.59. The van der Waals surface area contributed by atoms with E-state index in [1.165, 1.54) is 12.3 Å². The molecular formula is C13H10F3N3OS. The fraction of sp³-hybridized carbons (Fsp3) is 0.231. The zero-order valence-corrected chi connectivity index (χ0v) is 11.7. The molecule has 1 N–H and O–H groups in total. The highest BCUT2D eigenvalue weighted by Gasteiger charge is 2.31. The lowest BCUT2D eigenvalue weighted by atomic mass is 10.1. The lowest BCUT2D eigenvalue weighted by Crippen LogP contribution is -2.05. The van der Waals surface area contributed by atoms with E-state index in [0.29, 0.717) is 15.7 Å². The molecule has 8 heteroatoms. The number of nitrogens with zero attached hydrogens (tertiary/aromatic N) is 3. The van der Waals surface area contributed by atoms with Crippen LogP contribution in [0.5, 0.6) is 0 Å².